The van der Waals surface area contributed by atoms with Gasteiger partial charge in [0.1, 0.15) is 0 Å². The van der Waals surface area contributed by atoms with Crippen molar-refractivity contribution >= 4 is 10.0 Å². The molecule has 0 fully saturated rings. The zero-order valence-electron chi connectivity index (χ0n) is 9.74. The minimum atomic E-state index is -3.27. The van der Waals surface area contributed by atoms with Gasteiger partial charge in [0.05, 0.1) is 5.75 Å². The Morgan fingerprint density at radius 3 is 2.33 bits per heavy atom. The molecule has 2 N–H and O–H groups in total. The van der Waals surface area contributed by atoms with E-state index in [1.165, 1.54) is 0 Å². The molecule has 5 heteroatoms. The van der Waals surface area contributed by atoms with Crippen LogP contribution in [0.5, 0.6) is 0 Å². The average molecular weight is 237 g/mol. The number of sulfonamides is 1. The van der Waals surface area contributed by atoms with Crippen LogP contribution in [0.15, 0.2) is 0 Å². The molecule has 0 aromatic heterocycles. The molecular formula is C10H23NO3S. The second-order valence-corrected chi connectivity index (χ2v) is 5.96. The van der Waals surface area contributed by atoms with Crippen molar-refractivity contribution in [3.63, 3.8) is 0 Å². The molecule has 4 nitrogen and oxygen atoms in total. The number of unbranched alkanes of at least 4 members (excludes halogenated alkanes) is 2. The topological polar surface area (TPSA) is 69.4 Å². The molecule has 0 aliphatic heterocycles. The van der Waals surface area contributed by atoms with Gasteiger partial charge in [-0.05, 0) is 25.2 Å². The van der Waals surface area contributed by atoms with Crippen LogP contribution >= 0.6 is 0 Å². The van der Waals surface area contributed by atoms with Crippen molar-refractivity contribution in [3.8, 4) is 0 Å². The normalized spacial score (nSPS) is 12.3. The highest BCUT2D eigenvalue weighted by Crippen LogP contribution is 2.01. The van der Waals surface area contributed by atoms with Crippen LogP contribution in [0.3, 0.4) is 0 Å². The van der Waals surface area contributed by atoms with Crippen LogP contribution in [0.25, 0.3) is 0 Å². The lowest BCUT2D eigenvalue weighted by Crippen LogP contribution is -2.16. The maximum atomic E-state index is 10.6. The predicted molar refractivity (Wildman–Crippen MR) is 62.1 cm³/mol. The standard InChI is InChI=1S/C10H23NO3S/c1-10(2)6-8-14-7-4-3-5-9-15(11,12)13/h10H,3-9H2,1-2H3,(H2,11,12,13). The monoisotopic (exact) mass is 237 g/mol. The maximum absolute atomic E-state index is 10.6. The highest BCUT2D eigenvalue weighted by molar-refractivity contribution is 7.89. The van der Waals surface area contributed by atoms with Gasteiger partial charge in [-0.3, -0.25) is 0 Å². The quantitative estimate of drug-likeness (QED) is 0.618. The summed E-state index contributed by atoms with van der Waals surface area (Å²) in [7, 11) is -3.27. The van der Waals surface area contributed by atoms with E-state index >= 15 is 0 Å². The minimum Gasteiger partial charge on any atom is -0.381 e. The Bertz CT molecular complexity index is 237. The van der Waals surface area contributed by atoms with Crippen molar-refractivity contribution in [2.75, 3.05) is 19.0 Å². The summed E-state index contributed by atoms with van der Waals surface area (Å²) < 4.78 is 26.6. The SMILES string of the molecule is CC(C)CCOCCCCCS(N)(=O)=O. The zero-order valence-corrected chi connectivity index (χ0v) is 10.6. The smallest absolute Gasteiger partial charge is 0.209 e. The Morgan fingerprint density at radius 2 is 1.80 bits per heavy atom. The number of nitrogens with two attached hydrogens (primary N) is 1. The van der Waals surface area contributed by atoms with E-state index in [9.17, 15) is 8.42 Å². The summed E-state index contributed by atoms with van der Waals surface area (Å²) in [6, 6.07) is 0. The Kier molecular flexibility index (Phi) is 8.00. The van der Waals surface area contributed by atoms with Gasteiger partial charge in [-0.25, -0.2) is 13.6 Å². The highest BCUT2D eigenvalue weighted by atomic mass is 32.2. The van der Waals surface area contributed by atoms with Gasteiger partial charge in [0, 0.05) is 13.2 Å². The van der Waals surface area contributed by atoms with E-state index in [0.29, 0.717) is 12.3 Å². The summed E-state index contributed by atoms with van der Waals surface area (Å²) in [6.07, 6.45) is 3.48. The van der Waals surface area contributed by atoms with Gasteiger partial charge in [-0.15, -0.1) is 0 Å². The van der Waals surface area contributed by atoms with Crippen molar-refractivity contribution in [2.24, 2.45) is 11.1 Å². The summed E-state index contributed by atoms with van der Waals surface area (Å²) in [5, 5.41) is 4.87. The number of hydrogen-bond acceptors (Lipinski definition) is 3. The summed E-state index contributed by atoms with van der Waals surface area (Å²) in [4.78, 5) is 0. The Balaban J connectivity index is 3.12. The molecule has 0 spiro atoms. The van der Waals surface area contributed by atoms with E-state index in [2.05, 4.69) is 13.8 Å². The van der Waals surface area contributed by atoms with E-state index in [0.717, 1.165) is 32.5 Å². The molecule has 0 heterocycles. The molecule has 15 heavy (non-hydrogen) atoms. The second-order valence-electron chi connectivity index (χ2n) is 4.22. The van der Waals surface area contributed by atoms with E-state index in [-0.39, 0.29) is 5.75 Å². The predicted octanol–water partition coefficient (Wildman–Crippen LogP) is 1.51. The van der Waals surface area contributed by atoms with Crippen LogP contribution in [-0.4, -0.2) is 27.4 Å². The molecule has 0 aliphatic rings. The number of ether oxygens (including phenoxy) is 1. The first-order valence-corrected chi connectivity index (χ1v) is 7.21. The van der Waals surface area contributed by atoms with Crippen molar-refractivity contribution < 1.29 is 13.2 Å². The van der Waals surface area contributed by atoms with Gasteiger partial charge >= 0.3 is 0 Å². The van der Waals surface area contributed by atoms with Gasteiger partial charge in [0.2, 0.25) is 10.0 Å². The van der Waals surface area contributed by atoms with E-state index in [1.807, 2.05) is 0 Å². The van der Waals surface area contributed by atoms with Crippen molar-refractivity contribution in [3.05, 3.63) is 0 Å². The molecule has 0 unspecified atom stereocenters. The summed E-state index contributed by atoms with van der Waals surface area (Å²) >= 11 is 0. The Hall–Kier alpha value is -0.130. The van der Waals surface area contributed by atoms with Crippen LogP contribution < -0.4 is 5.14 Å². The molecule has 0 atom stereocenters. The fraction of sp³-hybridized carbons (Fsp3) is 1.00. The van der Waals surface area contributed by atoms with Crippen LogP contribution in [0.1, 0.15) is 39.5 Å². The van der Waals surface area contributed by atoms with Crippen molar-refractivity contribution in [1.82, 2.24) is 0 Å². The third-order valence-electron chi connectivity index (χ3n) is 2.06. The summed E-state index contributed by atoms with van der Waals surface area (Å²) in [5.41, 5.74) is 0. The first-order chi connectivity index (χ1) is 6.92. The van der Waals surface area contributed by atoms with E-state index < -0.39 is 10.0 Å². The maximum Gasteiger partial charge on any atom is 0.209 e. The Labute approximate surface area is 93.2 Å². The van der Waals surface area contributed by atoms with Gasteiger partial charge in [-0.2, -0.15) is 0 Å². The van der Waals surface area contributed by atoms with Crippen molar-refractivity contribution in [2.45, 2.75) is 39.5 Å². The van der Waals surface area contributed by atoms with Crippen LogP contribution in [0, 0.1) is 5.92 Å². The summed E-state index contributed by atoms with van der Waals surface area (Å²) in [5.74, 6) is 0.756. The second kappa shape index (κ2) is 8.07. The first kappa shape index (κ1) is 14.9. The van der Waals surface area contributed by atoms with Crippen LogP contribution in [-0.2, 0) is 14.8 Å². The third kappa shape index (κ3) is 13.9. The molecule has 0 rings (SSSR count). The lowest BCUT2D eigenvalue weighted by molar-refractivity contribution is 0.120. The number of primary sulfonamides is 1. The lowest BCUT2D eigenvalue weighted by Gasteiger charge is -2.05. The fourth-order valence-corrected chi connectivity index (χ4v) is 1.71. The third-order valence-corrected chi connectivity index (χ3v) is 2.91. The highest BCUT2D eigenvalue weighted by Gasteiger charge is 2.01. The van der Waals surface area contributed by atoms with Gasteiger partial charge in [0.15, 0.2) is 0 Å². The number of hydrogen-bond donors (Lipinski definition) is 1. The molecule has 0 saturated carbocycles. The molecule has 92 valence electrons. The zero-order chi connectivity index (χ0) is 11.7. The minimum absolute atomic E-state index is 0.0823. The van der Waals surface area contributed by atoms with E-state index in [4.69, 9.17) is 9.88 Å². The van der Waals surface area contributed by atoms with Crippen molar-refractivity contribution in [1.29, 1.82) is 0 Å². The lowest BCUT2D eigenvalue weighted by atomic mass is 10.1. The number of rotatable bonds is 9. The largest absolute Gasteiger partial charge is 0.381 e. The van der Waals surface area contributed by atoms with Gasteiger partial charge in [-0.1, -0.05) is 20.3 Å². The van der Waals surface area contributed by atoms with Gasteiger partial charge < -0.3 is 4.74 Å². The Morgan fingerprint density at radius 1 is 1.13 bits per heavy atom. The van der Waals surface area contributed by atoms with Gasteiger partial charge in [0.25, 0.3) is 0 Å². The molecular weight excluding hydrogens is 214 g/mol. The van der Waals surface area contributed by atoms with E-state index in [1.54, 1.807) is 0 Å². The molecule has 0 aliphatic carbocycles. The fourth-order valence-electron chi connectivity index (χ4n) is 1.11. The molecule has 0 amide bonds. The average Bonchev–Trinajstić information content (AvgIpc) is 2.07. The van der Waals surface area contributed by atoms with Crippen LogP contribution in [0.2, 0.25) is 0 Å². The molecule has 0 aromatic carbocycles. The molecule has 0 aromatic rings. The summed E-state index contributed by atoms with van der Waals surface area (Å²) in [6.45, 7) is 5.84. The molecule has 0 radical (unpaired) electrons. The molecule has 0 bridgehead atoms. The molecule has 0 saturated heterocycles. The first-order valence-electron chi connectivity index (χ1n) is 5.50. The van der Waals surface area contributed by atoms with Crippen LogP contribution in [0.4, 0.5) is 0 Å².